The molecule has 0 saturated carbocycles. The van der Waals surface area contributed by atoms with Gasteiger partial charge in [-0.25, -0.2) is 9.97 Å². The van der Waals surface area contributed by atoms with E-state index in [4.69, 9.17) is 10.7 Å². The van der Waals surface area contributed by atoms with Crippen molar-refractivity contribution in [2.45, 2.75) is 38.0 Å². The van der Waals surface area contributed by atoms with Crippen molar-refractivity contribution in [2.24, 2.45) is 5.73 Å². The number of nitrogens with one attached hydrogen (secondary N) is 1. The number of alkyl halides is 3. The molecule has 1 aliphatic heterocycles. The van der Waals surface area contributed by atoms with Crippen LogP contribution in [0.5, 0.6) is 0 Å². The second kappa shape index (κ2) is 14.6. The van der Waals surface area contributed by atoms with E-state index in [0.717, 1.165) is 43.6 Å². The number of rotatable bonds is 6. The van der Waals surface area contributed by atoms with Crippen LogP contribution in [0.25, 0.3) is 22.5 Å². The lowest BCUT2D eigenvalue weighted by Gasteiger charge is -2.31. The summed E-state index contributed by atoms with van der Waals surface area (Å²) in [6.07, 6.45) is -1.20. The highest BCUT2D eigenvalue weighted by atomic mass is 35.5. The Hall–Kier alpha value is -3.18. The number of hydrogen-bond acceptors (Lipinski definition) is 7. The van der Waals surface area contributed by atoms with Crippen LogP contribution in [0.1, 0.15) is 36.9 Å². The van der Waals surface area contributed by atoms with Gasteiger partial charge in [-0.3, -0.25) is 0 Å². The van der Waals surface area contributed by atoms with Crippen LogP contribution < -0.4 is 16.0 Å². The van der Waals surface area contributed by atoms with Crippen molar-refractivity contribution >= 4 is 49.0 Å². The molecule has 2 aromatic carbocycles. The van der Waals surface area contributed by atoms with E-state index in [-0.39, 0.29) is 49.3 Å². The molecule has 0 bridgehead atoms. The Bertz CT molecular complexity index is 1400. The summed E-state index contributed by atoms with van der Waals surface area (Å²) in [6, 6.07) is 18.6. The maximum absolute atomic E-state index is 13.5. The third kappa shape index (κ3) is 8.19. The zero-order valence-electron chi connectivity index (χ0n) is 22.1. The Morgan fingerprint density at radius 2 is 1.63 bits per heavy atom. The Balaban J connectivity index is 0.00000196. The van der Waals surface area contributed by atoms with Crippen LogP contribution in [-0.4, -0.2) is 39.3 Å². The summed E-state index contributed by atoms with van der Waals surface area (Å²) in [7, 11) is 0. The minimum Gasteiger partial charge on any atom is -0.355 e. The number of anilines is 2. The summed E-state index contributed by atoms with van der Waals surface area (Å²) in [5, 5.41) is 12.1. The Morgan fingerprint density at radius 3 is 2.32 bits per heavy atom. The van der Waals surface area contributed by atoms with Gasteiger partial charge in [0, 0.05) is 36.5 Å². The fraction of sp³-hybridized carbons (Fsp3) is 0.286. The standard InChI is InChI=1S/C28H28F3N7.3ClH/c1-18(19-6-3-2-4-7-19)34-27-33-13-10-24(35-27)23-17-25(38-14-11-22(32)12-15-38)36-37-26(23)20-8-5-9-21(16-20)28(29,30)31;;;/h2-10,13,16-18,22H,11-12,14-15,32H2,1H3,(H,33,34,35);3*1H. The van der Waals surface area contributed by atoms with Crippen LogP contribution in [0.3, 0.4) is 0 Å². The Labute approximate surface area is 255 Å². The quantitative estimate of drug-likeness (QED) is 0.238. The van der Waals surface area contributed by atoms with E-state index in [1.54, 1.807) is 18.3 Å². The molecule has 5 rings (SSSR count). The lowest BCUT2D eigenvalue weighted by Crippen LogP contribution is -2.40. The molecule has 0 spiro atoms. The maximum atomic E-state index is 13.5. The molecule has 220 valence electrons. The van der Waals surface area contributed by atoms with Crippen molar-refractivity contribution in [2.75, 3.05) is 23.3 Å². The summed E-state index contributed by atoms with van der Waals surface area (Å²) in [5.41, 5.74) is 8.10. The molecule has 7 nitrogen and oxygen atoms in total. The van der Waals surface area contributed by atoms with Crippen LogP contribution in [0, 0.1) is 0 Å². The SMILES string of the molecule is CC(Nc1nccc(-c2cc(N3CCC(N)CC3)nnc2-c2cccc(C(F)(F)F)c2)n1)c1ccccc1.Cl.Cl.Cl. The van der Waals surface area contributed by atoms with Gasteiger partial charge in [0.1, 0.15) is 5.69 Å². The van der Waals surface area contributed by atoms with Crippen LogP contribution in [0.4, 0.5) is 24.9 Å². The largest absolute Gasteiger partial charge is 0.416 e. The van der Waals surface area contributed by atoms with E-state index in [1.165, 1.54) is 6.07 Å². The normalized spacial score (nSPS) is 14.2. The van der Waals surface area contributed by atoms with Crippen LogP contribution >= 0.6 is 37.2 Å². The highest BCUT2D eigenvalue weighted by Crippen LogP contribution is 2.36. The van der Waals surface area contributed by atoms with Crippen molar-refractivity contribution in [1.82, 2.24) is 20.2 Å². The molecule has 3 N–H and O–H groups in total. The second-order valence-electron chi connectivity index (χ2n) is 9.41. The highest BCUT2D eigenvalue weighted by molar-refractivity contribution is 5.86. The lowest BCUT2D eigenvalue weighted by atomic mass is 10.0. The third-order valence-corrected chi connectivity index (χ3v) is 6.68. The van der Waals surface area contributed by atoms with Crippen molar-refractivity contribution in [3.8, 4) is 22.5 Å². The minimum absolute atomic E-state index is 0. The van der Waals surface area contributed by atoms with Gasteiger partial charge in [0.2, 0.25) is 5.95 Å². The maximum Gasteiger partial charge on any atom is 0.416 e. The summed E-state index contributed by atoms with van der Waals surface area (Å²) in [4.78, 5) is 11.2. The predicted molar refractivity (Wildman–Crippen MR) is 163 cm³/mol. The van der Waals surface area contributed by atoms with Crippen LogP contribution in [0.2, 0.25) is 0 Å². The first-order valence-electron chi connectivity index (χ1n) is 12.5. The van der Waals surface area contributed by atoms with Crippen LogP contribution in [-0.2, 0) is 6.18 Å². The highest BCUT2D eigenvalue weighted by Gasteiger charge is 2.31. The number of hydrogen-bond donors (Lipinski definition) is 2. The Morgan fingerprint density at radius 1 is 0.927 bits per heavy atom. The molecule has 4 aromatic rings. The first-order valence-corrected chi connectivity index (χ1v) is 12.5. The average Bonchev–Trinajstić information content (AvgIpc) is 2.93. The van der Waals surface area contributed by atoms with E-state index in [2.05, 4.69) is 25.4 Å². The molecule has 1 fully saturated rings. The third-order valence-electron chi connectivity index (χ3n) is 6.68. The molecule has 0 aliphatic carbocycles. The second-order valence-corrected chi connectivity index (χ2v) is 9.41. The smallest absolute Gasteiger partial charge is 0.355 e. The number of nitrogens with two attached hydrogens (primary N) is 1. The van der Waals surface area contributed by atoms with E-state index >= 15 is 0 Å². The van der Waals surface area contributed by atoms with E-state index in [0.29, 0.717) is 34.3 Å². The van der Waals surface area contributed by atoms with Crippen molar-refractivity contribution in [3.05, 3.63) is 84.1 Å². The molecular weight excluding hydrogens is 598 g/mol. The fourth-order valence-corrected chi connectivity index (χ4v) is 4.51. The summed E-state index contributed by atoms with van der Waals surface area (Å²) < 4.78 is 40.4. The molecule has 1 aliphatic rings. The van der Waals surface area contributed by atoms with E-state index in [9.17, 15) is 13.2 Å². The van der Waals surface area contributed by atoms with Gasteiger partial charge < -0.3 is 16.0 Å². The van der Waals surface area contributed by atoms with Gasteiger partial charge in [-0.15, -0.1) is 47.4 Å². The van der Waals surface area contributed by atoms with Gasteiger partial charge in [-0.05, 0) is 49.6 Å². The minimum atomic E-state index is -4.48. The molecule has 2 aromatic heterocycles. The zero-order valence-corrected chi connectivity index (χ0v) is 24.5. The first-order chi connectivity index (χ1) is 18.3. The number of halogens is 6. The first kappa shape index (κ1) is 34.0. The molecule has 41 heavy (non-hydrogen) atoms. The fourth-order valence-electron chi connectivity index (χ4n) is 4.51. The van der Waals surface area contributed by atoms with Gasteiger partial charge >= 0.3 is 6.18 Å². The average molecular weight is 629 g/mol. The van der Waals surface area contributed by atoms with Gasteiger partial charge in [-0.1, -0.05) is 42.5 Å². The van der Waals surface area contributed by atoms with Gasteiger partial charge in [0.25, 0.3) is 0 Å². The van der Waals surface area contributed by atoms with E-state index < -0.39 is 11.7 Å². The summed E-state index contributed by atoms with van der Waals surface area (Å²) in [5.74, 6) is 1.03. The van der Waals surface area contributed by atoms with Gasteiger partial charge in [-0.2, -0.15) is 13.2 Å². The number of piperidine rings is 1. The topological polar surface area (TPSA) is 92.9 Å². The molecule has 0 amide bonds. The molecule has 13 heteroatoms. The molecule has 1 unspecified atom stereocenters. The monoisotopic (exact) mass is 627 g/mol. The van der Waals surface area contributed by atoms with Gasteiger partial charge in [0.15, 0.2) is 5.82 Å². The molecular formula is C28H31Cl3F3N7. The molecule has 3 heterocycles. The molecule has 1 atom stereocenters. The number of nitrogens with zero attached hydrogens (tertiary/aromatic N) is 5. The van der Waals surface area contributed by atoms with Crippen LogP contribution in [0.15, 0.2) is 72.9 Å². The van der Waals surface area contributed by atoms with Crippen molar-refractivity contribution in [1.29, 1.82) is 0 Å². The molecule has 1 saturated heterocycles. The number of aromatic nitrogens is 4. The lowest BCUT2D eigenvalue weighted by molar-refractivity contribution is -0.137. The van der Waals surface area contributed by atoms with E-state index in [1.807, 2.05) is 43.3 Å². The molecule has 0 radical (unpaired) electrons. The predicted octanol–water partition coefficient (Wildman–Crippen LogP) is 6.99. The van der Waals surface area contributed by atoms with Gasteiger partial charge in [0.05, 0.1) is 17.3 Å². The number of benzene rings is 2. The van der Waals surface area contributed by atoms with Crippen molar-refractivity contribution in [3.63, 3.8) is 0 Å². The zero-order chi connectivity index (χ0) is 26.7. The summed E-state index contributed by atoms with van der Waals surface area (Å²) in [6.45, 7) is 3.46. The Kier molecular flexibility index (Phi) is 12.1. The van der Waals surface area contributed by atoms with Crippen molar-refractivity contribution < 1.29 is 13.2 Å². The summed E-state index contributed by atoms with van der Waals surface area (Å²) >= 11 is 0.